The number of nitrogens with zero attached hydrogens (tertiary/aromatic N) is 6. The number of carbonyl (C=O) groups is 1. The molecule has 6 heterocycles. The van der Waals surface area contributed by atoms with Crippen molar-refractivity contribution in [1.82, 2.24) is 30.0 Å². The van der Waals surface area contributed by atoms with Crippen molar-refractivity contribution in [3.05, 3.63) is 27.1 Å². The van der Waals surface area contributed by atoms with Crippen LogP contribution in [0.3, 0.4) is 0 Å². The molecule has 1 N–H and O–H groups in total. The summed E-state index contributed by atoms with van der Waals surface area (Å²) in [5.74, 6) is 0.680. The van der Waals surface area contributed by atoms with Gasteiger partial charge in [-0.3, -0.25) is 14.4 Å². The predicted octanol–water partition coefficient (Wildman–Crippen LogP) is 2.29. The smallest absolute Gasteiger partial charge is 0.318 e. The van der Waals surface area contributed by atoms with Crippen LogP contribution in [0.15, 0.2) is 4.47 Å². The molecule has 0 aromatic carbocycles. The maximum Gasteiger partial charge on any atom is 0.318 e. The lowest BCUT2D eigenvalue weighted by atomic mass is 9.95. The fraction of sp³-hybridized carbons (Fsp3) is 0.667. The number of nitrogens with one attached hydrogen (secondary N) is 1. The van der Waals surface area contributed by atoms with Crippen LogP contribution in [0.5, 0.6) is 6.01 Å². The van der Waals surface area contributed by atoms with Gasteiger partial charge in [0.15, 0.2) is 5.69 Å². The lowest BCUT2D eigenvalue weighted by molar-refractivity contribution is 0.0956. The van der Waals surface area contributed by atoms with Crippen molar-refractivity contribution >= 4 is 27.7 Å². The van der Waals surface area contributed by atoms with E-state index < -0.39 is 0 Å². The van der Waals surface area contributed by atoms with E-state index in [0.717, 1.165) is 53.2 Å². The van der Waals surface area contributed by atoms with E-state index in [1.807, 2.05) is 4.68 Å². The molecule has 0 radical (unpaired) electrons. The average Bonchev–Trinajstić information content (AvgIpc) is 3.49. The van der Waals surface area contributed by atoms with E-state index >= 15 is 0 Å². The van der Waals surface area contributed by atoms with Gasteiger partial charge in [-0.15, -0.1) is 0 Å². The van der Waals surface area contributed by atoms with Crippen LogP contribution in [-0.2, 0) is 30.9 Å². The summed E-state index contributed by atoms with van der Waals surface area (Å²) < 4.78 is 14.8. The summed E-state index contributed by atoms with van der Waals surface area (Å²) in [5, 5.41) is 7.24. The molecule has 2 fully saturated rings. The molecule has 188 valence electrons. The first kappa shape index (κ1) is 23.2. The first-order valence-corrected chi connectivity index (χ1v) is 13.4. The summed E-state index contributed by atoms with van der Waals surface area (Å²) in [5.41, 5.74) is 3.60. The number of carbonyl (C=O) groups excluding carboxylic acids is 1. The molecule has 6 rings (SSSR count). The molecular formula is C24H32BrN7O3. The van der Waals surface area contributed by atoms with E-state index in [4.69, 9.17) is 19.4 Å². The van der Waals surface area contributed by atoms with Gasteiger partial charge in [0.1, 0.15) is 12.4 Å². The zero-order valence-electron chi connectivity index (χ0n) is 20.2. The highest BCUT2D eigenvalue weighted by atomic mass is 79.9. The third-order valence-electron chi connectivity index (χ3n) is 7.93. The third kappa shape index (κ3) is 4.11. The SMILES string of the molecule is CNC(=O)c1nn2c(c1Br)CN(c1nc(OCC34CCCN3CCC4)nc3c1COCC3)CCC2. The maximum absolute atomic E-state index is 12.3. The second kappa shape index (κ2) is 9.33. The van der Waals surface area contributed by atoms with Gasteiger partial charge in [-0.1, -0.05) is 0 Å². The zero-order valence-corrected chi connectivity index (χ0v) is 21.8. The highest BCUT2D eigenvalue weighted by Gasteiger charge is 2.45. The van der Waals surface area contributed by atoms with Crippen LogP contribution in [0, 0.1) is 0 Å². The van der Waals surface area contributed by atoms with Gasteiger partial charge in [0.25, 0.3) is 5.91 Å². The number of hydrogen-bond donors (Lipinski definition) is 1. The van der Waals surface area contributed by atoms with Gasteiger partial charge < -0.3 is 19.7 Å². The molecule has 4 aliphatic heterocycles. The summed E-state index contributed by atoms with van der Waals surface area (Å²) in [6.45, 7) is 6.31. The third-order valence-corrected chi connectivity index (χ3v) is 8.77. The standard InChI is InChI=1S/C24H32BrN7O3/c1-26-22(33)20-19(25)18-13-30(8-4-11-32(18)29-20)21-16-14-34-12-5-17(16)27-23(28-21)35-15-24-6-2-9-31(24)10-3-7-24/h2-15H2,1H3,(H,26,33). The molecule has 35 heavy (non-hydrogen) atoms. The number of hydrogen-bond acceptors (Lipinski definition) is 8. The van der Waals surface area contributed by atoms with Gasteiger partial charge in [-0.05, 0) is 61.1 Å². The quantitative estimate of drug-likeness (QED) is 0.611. The fourth-order valence-corrected chi connectivity index (χ4v) is 6.69. The fourth-order valence-electron chi connectivity index (χ4n) is 6.11. The van der Waals surface area contributed by atoms with E-state index in [-0.39, 0.29) is 11.4 Å². The molecule has 0 saturated carbocycles. The molecule has 0 unspecified atom stereocenters. The highest BCUT2D eigenvalue weighted by molar-refractivity contribution is 9.10. The number of fused-ring (bicyclic) bond motifs is 3. The Balaban J connectivity index is 1.31. The van der Waals surface area contributed by atoms with Crippen molar-refractivity contribution in [2.24, 2.45) is 0 Å². The van der Waals surface area contributed by atoms with Crippen LogP contribution in [0.2, 0.25) is 0 Å². The number of anilines is 1. The average molecular weight is 546 g/mol. The van der Waals surface area contributed by atoms with Crippen LogP contribution in [0.1, 0.15) is 59.5 Å². The Morgan fingerprint density at radius 3 is 2.80 bits per heavy atom. The molecule has 1 amide bonds. The van der Waals surface area contributed by atoms with Crippen LogP contribution in [0.25, 0.3) is 0 Å². The highest BCUT2D eigenvalue weighted by Crippen LogP contribution is 2.39. The van der Waals surface area contributed by atoms with Crippen molar-refractivity contribution in [1.29, 1.82) is 0 Å². The Labute approximate surface area is 213 Å². The van der Waals surface area contributed by atoms with E-state index in [9.17, 15) is 4.79 Å². The van der Waals surface area contributed by atoms with Crippen LogP contribution >= 0.6 is 15.9 Å². The summed E-state index contributed by atoms with van der Waals surface area (Å²) >= 11 is 3.63. The Morgan fingerprint density at radius 2 is 2.00 bits per heavy atom. The predicted molar refractivity (Wildman–Crippen MR) is 133 cm³/mol. The number of ether oxygens (including phenoxy) is 2. The van der Waals surface area contributed by atoms with Crippen molar-refractivity contribution in [2.75, 3.05) is 44.8 Å². The normalized spacial score (nSPS) is 21.3. The van der Waals surface area contributed by atoms with Gasteiger partial charge in [0, 0.05) is 32.1 Å². The molecule has 11 heteroatoms. The summed E-state index contributed by atoms with van der Waals surface area (Å²) in [7, 11) is 1.62. The topological polar surface area (TPSA) is 97.6 Å². The van der Waals surface area contributed by atoms with Crippen LogP contribution < -0.4 is 15.0 Å². The number of amides is 1. The monoisotopic (exact) mass is 545 g/mol. The minimum atomic E-state index is -0.195. The molecule has 0 spiro atoms. The van der Waals surface area contributed by atoms with Crippen molar-refractivity contribution in [3.8, 4) is 6.01 Å². The van der Waals surface area contributed by atoms with Crippen LogP contribution in [-0.4, -0.2) is 76.0 Å². The lowest BCUT2D eigenvalue weighted by Crippen LogP contribution is -2.43. The molecule has 0 bridgehead atoms. The van der Waals surface area contributed by atoms with Crippen molar-refractivity contribution in [3.63, 3.8) is 0 Å². The second-order valence-electron chi connectivity index (χ2n) is 9.95. The number of halogens is 1. The number of rotatable bonds is 5. The van der Waals surface area contributed by atoms with E-state index in [0.29, 0.717) is 38.1 Å². The van der Waals surface area contributed by atoms with E-state index in [1.165, 1.54) is 38.8 Å². The maximum atomic E-state index is 12.3. The Kier molecular flexibility index (Phi) is 6.18. The molecule has 2 aromatic heterocycles. The largest absolute Gasteiger partial charge is 0.461 e. The molecular weight excluding hydrogens is 514 g/mol. The molecule has 4 aliphatic rings. The molecule has 10 nitrogen and oxygen atoms in total. The minimum Gasteiger partial charge on any atom is -0.461 e. The van der Waals surface area contributed by atoms with Gasteiger partial charge in [-0.2, -0.15) is 15.1 Å². The Hall–Kier alpha value is -2.24. The molecule has 0 atom stereocenters. The van der Waals surface area contributed by atoms with Gasteiger partial charge in [-0.25, -0.2) is 0 Å². The Morgan fingerprint density at radius 1 is 1.17 bits per heavy atom. The zero-order chi connectivity index (χ0) is 24.0. The van der Waals surface area contributed by atoms with Crippen LogP contribution in [0.4, 0.5) is 5.82 Å². The molecule has 0 aliphatic carbocycles. The minimum absolute atomic E-state index is 0.152. The van der Waals surface area contributed by atoms with Crippen molar-refractivity contribution in [2.45, 2.75) is 63.8 Å². The lowest BCUT2D eigenvalue weighted by Gasteiger charge is -2.32. The second-order valence-corrected chi connectivity index (χ2v) is 10.7. The van der Waals surface area contributed by atoms with Crippen molar-refractivity contribution < 1.29 is 14.3 Å². The number of aryl methyl sites for hydroxylation is 1. The summed E-state index contributed by atoms with van der Waals surface area (Å²) in [4.78, 5) is 26.9. The molecule has 2 saturated heterocycles. The Bertz CT molecular complexity index is 1130. The van der Waals surface area contributed by atoms with Gasteiger partial charge in [0.2, 0.25) is 0 Å². The van der Waals surface area contributed by atoms with E-state index in [1.54, 1.807) is 7.05 Å². The van der Waals surface area contributed by atoms with Gasteiger partial charge >= 0.3 is 6.01 Å². The van der Waals surface area contributed by atoms with Gasteiger partial charge in [0.05, 0.1) is 41.2 Å². The first-order valence-electron chi connectivity index (χ1n) is 12.7. The number of aromatic nitrogens is 4. The first-order chi connectivity index (χ1) is 17.1. The summed E-state index contributed by atoms with van der Waals surface area (Å²) in [6.07, 6.45) is 6.51. The molecule has 2 aromatic rings. The van der Waals surface area contributed by atoms with E-state index in [2.05, 4.69) is 36.1 Å². The summed E-state index contributed by atoms with van der Waals surface area (Å²) in [6, 6.07) is 0.469.